The Hall–Kier alpha value is -0.440. The molecule has 0 heterocycles. The van der Waals surface area contributed by atoms with Crippen LogP contribution >= 0.6 is 25.3 Å². The van der Waals surface area contributed by atoms with Crippen LogP contribution in [0.25, 0.3) is 0 Å². The van der Waals surface area contributed by atoms with Crippen LogP contribution in [0.1, 0.15) is 6.92 Å². The molecule has 2 unspecified atom stereocenters. The van der Waals surface area contributed by atoms with Gasteiger partial charge >= 0.3 is 11.9 Å². The molecule has 2 atom stereocenters. The van der Waals surface area contributed by atoms with Gasteiger partial charge in [0.1, 0.15) is 12.1 Å². The number of esters is 1. The zero-order valence-electron chi connectivity index (χ0n) is 10.3. The number of carbonyl (C=O) groups is 2. The quantitative estimate of drug-likeness (QED) is 0.210. The van der Waals surface area contributed by atoms with Gasteiger partial charge < -0.3 is 20.5 Å². The van der Waals surface area contributed by atoms with Crippen LogP contribution in [0.5, 0.6) is 0 Å². The Labute approximate surface area is 118 Å². The fourth-order valence-electron chi connectivity index (χ4n) is 1.19. The van der Waals surface area contributed by atoms with Crippen LogP contribution in [0.3, 0.4) is 0 Å². The average molecular weight is 296 g/mol. The van der Waals surface area contributed by atoms with Gasteiger partial charge in [0.05, 0.1) is 6.61 Å². The minimum atomic E-state index is -0.943. The molecular formula is C10H20N2O4S2. The van der Waals surface area contributed by atoms with Gasteiger partial charge in [-0.3, -0.25) is 9.59 Å². The maximum absolute atomic E-state index is 11.4. The van der Waals surface area contributed by atoms with Gasteiger partial charge in [-0.1, -0.05) is 0 Å². The third-order valence-corrected chi connectivity index (χ3v) is 2.87. The Morgan fingerprint density at radius 2 is 1.67 bits per heavy atom. The van der Waals surface area contributed by atoms with E-state index in [1.54, 1.807) is 6.92 Å². The van der Waals surface area contributed by atoms with E-state index >= 15 is 0 Å². The van der Waals surface area contributed by atoms with E-state index in [0.717, 1.165) is 0 Å². The molecule has 0 fully saturated rings. The summed E-state index contributed by atoms with van der Waals surface area (Å²) in [5.74, 6) is -0.755. The first kappa shape index (κ1) is 17.6. The van der Waals surface area contributed by atoms with Crippen LogP contribution in [0.15, 0.2) is 0 Å². The molecule has 0 aliphatic rings. The highest BCUT2D eigenvalue weighted by molar-refractivity contribution is 7.80. The second-order valence-electron chi connectivity index (χ2n) is 3.47. The molecule has 0 amide bonds. The molecule has 0 spiro atoms. The highest BCUT2D eigenvalue weighted by Gasteiger charge is 2.18. The molecule has 0 aliphatic heterocycles. The monoisotopic (exact) mass is 296 g/mol. The van der Waals surface area contributed by atoms with Crippen LogP contribution in [0.4, 0.5) is 0 Å². The SMILES string of the molecule is CCOC(=O)C(CS)NCCNC(CS)C(=O)O. The van der Waals surface area contributed by atoms with Crippen molar-refractivity contribution in [2.75, 3.05) is 31.2 Å². The van der Waals surface area contributed by atoms with Gasteiger partial charge in [-0.2, -0.15) is 25.3 Å². The molecule has 106 valence electrons. The van der Waals surface area contributed by atoms with E-state index in [1.165, 1.54) is 0 Å². The lowest BCUT2D eigenvalue weighted by Gasteiger charge is -2.16. The molecule has 0 aromatic rings. The first-order chi connectivity index (χ1) is 8.56. The van der Waals surface area contributed by atoms with Gasteiger partial charge in [-0.05, 0) is 6.92 Å². The Balaban J connectivity index is 3.87. The van der Waals surface area contributed by atoms with Crippen molar-refractivity contribution < 1.29 is 19.4 Å². The van der Waals surface area contributed by atoms with Crippen LogP contribution in [-0.2, 0) is 14.3 Å². The van der Waals surface area contributed by atoms with E-state index in [2.05, 4.69) is 35.9 Å². The lowest BCUT2D eigenvalue weighted by Crippen LogP contribution is -2.46. The second-order valence-corrected chi connectivity index (χ2v) is 4.20. The second kappa shape index (κ2) is 10.5. The molecule has 3 N–H and O–H groups in total. The van der Waals surface area contributed by atoms with E-state index in [0.29, 0.717) is 25.4 Å². The number of rotatable bonds is 10. The van der Waals surface area contributed by atoms with Crippen molar-refractivity contribution in [2.45, 2.75) is 19.0 Å². The molecule has 18 heavy (non-hydrogen) atoms. The van der Waals surface area contributed by atoms with E-state index in [9.17, 15) is 9.59 Å². The Morgan fingerprint density at radius 1 is 1.17 bits per heavy atom. The molecule has 0 bridgehead atoms. The van der Waals surface area contributed by atoms with Gasteiger partial charge in [0.25, 0.3) is 0 Å². The summed E-state index contributed by atoms with van der Waals surface area (Å²) < 4.78 is 4.86. The summed E-state index contributed by atoms with van der Waals surface area (Å²) in [6.07, 6.45) is 0. The number of carboxylic acids is 1. The number of hydrogen-bond donors (Lipinski definition) is 5. The summed E-state index contributed by atoms with van der Waals surface area (Å²) >= 11 is 7.98. The zero-order valence-corrected chi connectivity index (χ0v) is 12.0. The van der Waals surface area contributed by atoms with Gasteiger partial charge in [-0.25, -0.2) is 0 Å². The lowest BCUT2D eigenvalue weighted by atomic mass is 10.3. The van der Waals surface area contributed by atoms with Crippen molar-refractivity contribution >= 4 is 37.2 Å². The van der Waals surface area contributed by atoms with Crippen LogP contribution in [0.2, 0.25) is 0 Å². The van der Waals surface area contributed by atoms with Gasteiger partial charge in [0.15, 0.2) is 0 Å². The third kappa shape index (κ3) is 7.10. The summed E-state index contributed by atoms with van der Waals surface area (Å²) in [7, 11) is 0. The summed E-state index contributed by atoms with van der Waals surface area (Å²) in [4.78, 5) is 22.1. The molecule has 0 radical (unpaired) electrons. The van der Waals surface area contributed by atoms with E-state index in [-0.39, 0.29) is 11.7 Å². The van der Waals surface area contributed by atoms with Crippen molar-refractivity contribution in [2.24, 2.45) is 0 Å². The molecule has 0 saturated carbocycles. The average Bonchev–Trinajstić information content (AvgIpc) is 2.33. The maximum atomic E-state index is 11.4. The standard InChI is InChI=1S/C10H20N2O4S2/c1-2-16-10(15)8(6-18)12-4-3-11-7(5-17)9(13)14/h7-8,11-12,17-18H,2-6H2,1H3,(H,13,14). The number of nitrogens with one attached hydrogen (secondary N) is 2. The number of hydrogen-bond acceptors (Lipinski definition) is 7. The van der Waals surface area contributed by atoms with Gasteiger partial charge in [0, 0.05) is 24.6 Å². The number of aliphatic carboxylic acids is 1. The Kier molecular flexibility index (Phi) is 10.2. The topological polar surface area (TPSA) is 87.7 Å². The molecule has 0 aromatic heterocycles. The summed E-state index contributed by atoms with van der Waals surface area (Å²) in [5, 5.41) is 14.5. The fraction of sp³-hybridized carbons (Fsp3) is 0.800. The van der Waals surface area contributed by atoms with Crippen LogP contribution < -0.4 is 10.6 Å². The molecule has 6 nitrogen and oxygen atoms in total. The van der Waals surface area contributed by atoms with Crippen LogP contribution in [-0.4, -0.2) is 60.3 Å². The lowest BCUT2D eigenvalue weighted by molar-refractivity contribution is -0.145. The first-order valence-electron chi connectivity index (χ1n) is 5.64. The predicted molar refractivity (Wildman–Crippen MR) is 75.6 cm³/mol. The first-order valence-corrected chi connectivity index (χ1v) is 6.91. The van der Waals surface area contributed by atoms with Crippen molar-refractivity contribution in [3.63, 3.8) is 0 Å². The molecule has 0 aromatic carbocycles. The van der Waals surface area contributed by atoms with Crippen molar-refractivity contribution in [1.82, 2.24) is 10.6 Å². The molecule has 8 heteroatoms. The van der Waals surface area contributed by atoms with Crippen molar-refractivity contribution in [3.8, 4) is 0 Å². The number of ether oxygens (including phenoxy) is 1. The van der Waals surface area contributed by atoms with Crippen molar-refractivity contribution in [1.29, 1.82) is 0 Å². The van der Waals surface area contributed by atoms with E-state index in [4.69, 9.17) is 9.84 Å². The van der Waals surface area contributed by atoms with Crippen molar-refractivity contribution in [3.05, 3.63) is 0 Å². The number of thiol groups is 2. The summed E-state index contributed by atoms with van der Waals surface area (Å²) in [6.45, 7) is 2.92. The molecule has 0 aliphatic carbocycles. The van der Waals surface area contributed by atoms with E-state index in [1.807, 2.05) is 0 Å². The Bertz CT molecular complexity index is 266. The number of carboxylic acid groups (broad SMARTS) is 1. The summed E-state index contributed by atoms with van der Waals surface area (Å²) in [5.41, 5.74) is 0. The maximum Gasteiger partial charge on any atom is 0.323 e. The number of carbonyl (C=O) groups excluding carboxylic acids is 1. The molecule has 0 rings (SSSR count). The Morgan fingerprint density at radius 3 is 2.06 bits per heavy atom. The highest BCUT2D eigenvalue weighted by Crippen LogP contribution is 1.92. The minimum absolute atomic E-state index is 0.212. The third-order valence-electron chi connectivity index (χ3n) is 2.14. The smallest absolute Gasteiger partial charge is 0.323 e. The summed E-state index contributed by atoms with van der Waals surface area (Å²) in [6, 6.07) is -1.17. The van der Waals surface area contributed by atoms with Gasteiger partial charge in [-0.15, -0.1) is 0 Å². The van der Waals surface area contributed by atoms with Crippen LogP contribution in [0, 0.1) is 0 Å². The molecular weight excluding hydrogens is 276 g/mol. The fourth-order valence-corrected chi connectivity index (χ4v) is 1.75. The highest BCUT2D eigenvalue weighted by atomic mass is 32.1. The normalized spacial score (nSPS) is 13.9. The molecule has 0 saturated heterocycles. The van der Waals surface area contributed by atoms with E-state index < -0.39 is 18.1 Å². The minimum Gasteiger partial charge on any atom is -0.480 e. The zero-order chi connectivity index (χ0) is 14.0. The predicted octanol–water partition coefficient (Wildman–Crippen LogP) is -0.590. The van der Waals surface area contributed by atoms with Gasteiger partial charge in [0.2, 0.25) is 0 Å². The largest absolute Gasteiger partial charge is 0.480 e.